The maximum Gasteiger partial charge on any atom is 0.242 e. The number of carbonyl (C=O) groups excluding carboxylic acids is 1. The van der Waals surface area contributed by atoms with E-state index in [9.17, 15) is 9.90 Å². The highest BCUT2D eigenvalue weighted by atomic mass is 32.2. The Morgan fingerprint density at radius 1 is 1.52 bits per heavy atom. The van der Waals surface area contributed by atoms with Crippen LogP contribution in [0.1, 0.15) is 18.9 Å². The minimum atomic E-state index is -0.0959. The van der Waals surface area contributed by atoms with Crippen LogP contribution in [0.15, 0.2) is 23.3 Å². The van der Waals surface area contributed by atoms with Crippen molar-refractivity contribution >= 4 is 35.6 Å². The molecule has 1 aromatic carbocycles. The Morgan fingerprint density at radius 3 is 2.90 bits per heavy atom. The molecule has 1 amide bonds. The number of amides is 1. The summed E-state index contributed by atoms with van der Waals surface area (Å²) in [7, 11) is 1.48. The first kappa shape index (κ1) is 16.0. The van der Waals surface area contributed by atoms with Gasteiger partial charge < -0.3 is 9.84 Å². The molecule has 1 fully saturated rings. The van der Waals surface area contributed by atoms with Crippen molar-refractivity contribution in [2.45, 2.75) is 17.4 Å². The molecule has 0 atom stereocenters. The summed E-state index contributed by atoms with van der Waals surface area (Å²) in [6, 6.07) is 4.86. The molecule has 1 aliphatic heterocycles. The largest absolute Gasteiger partial charge is 0.504 e. The maximum atomic E-state index is 11.9. The molecular weight excluding hydrogens is 308 g/mol. The van der Waals surface area contributed by atoms with E-state index in [1.165, 1.54) is 19.4 Å². The number of thioether (sulfide) groups is 2. The van der Waals surface area contributed by atoms with Crippen molar-refractivity contribution in [2.75, 3.05) is 18.6 Å². The van der Waals surface area contributed by atoms with E-state index in [0.29, 0.717) is 12.2 Å². The number of nitrogens with zero attached hydrogens (tertiary/aromatic N) is 1. The molecule has 1 aliphatic rings. The van der Waals surface area contributed by atoms with Gasteiger partial charge in [0.2, 0.25) is 5.91 Å². The summed E-state index contributed by atoms with van der Waals surface area (Å²) in [5, 5.41) is 13.4. The molecule has 0 aliphatic carbocycles. The summed E-state index contributed by atoms with van der Waals surface area (Å²) in [6.45, 7) is 2.09. The zero-order chi connectivity index (χ0) is 15.3. The lowest BCUT2D eigenvalue weighted by Gasteiger charge is -2.19. The van der Waals surface area contributed by atoms with Crippen molar-refractivity contribution in [3.05, 3.63) is 23.8 Å². The van der Waals surface area contributed by atoms with Crippen LogP contribution in [0.5, 0.6) is 11.5 Å². The maximum absolute atomic E-state index is 11.9. The molecule has 5 nitrogen and oxygen atoms in total. The highest BCUT2D eigenvalue weighted by Crippen LogP contribution is 2.45. The summed E-state index contributed by atoms with van der Waals surface area (Å²) in [6.07, 6.45) is 1.97. The molecule has 0 radical (unpaired) electrons. The Labute approximate surface area is 132 Å². The lowest BCUT2D eigenvalue weighted by atomic mass is 10.2. The second kappa shape index (κ2) is 7.09. The van der Waals surface area contributed by atoms with Crippen molar-refractivity contribution in [1.82, 2.24) is 5.43 Å². The quantitative estimate of drug-likeness (QED) is 0.642. The Morgan fingerprint density at radius 2 is 2.24 bits per heavy atom. The van der Waals surface area contributed by atoms with E-state index in [4.69, 9.17) is 4.74 Å². The first-order valence-electron chi connectivity index (χ1n) is 6.49. The number of nitrogens with one attached hydrogen (secondary N) is 1. The molecule has 1 saturated heterocycles. The summed E-state index contributed by atoms with van der Waals surface area (Å²) >= 11 is 3.63. The number of phenolic OH excluding ortho intramolecular Hbond substituents is 1. The standard InChI is InChI=1S/C14H18N2O3S2/c1-14(20-5-6-21-14)8-13(18)16-15-9-10-3-4-11(17)12(7-10)19-2/h3-4,7,9,17H,5-6,8H2,1-2H3,(H,16,18)/b15-9+. The van der Waals surface area contributed by atoms with E-state index in [2.05, 4.69) is 17.5 Å². The molecule has 0 saturated carbocycles. The fraction of sp³-hybridized carbons (Fsp3) is 0.429. The van der Waals surface area contributed by atoms with Crippen LogP contribution in [-0.4, -0.2) is 39.9 Å². The zero-order valence-electron chi connectivity index (χ0n) is 12.0. The van der Waals surface area contributed by atoms with Gasteiger partial charge in [0.25, 0.3) is 0 Å². The molecule has 2 rings (SSSR count). The van der Waals surface area contributed by atoms with Gasteiger partial charge in [-0.3, -0.25) is 4.79 Å². The van der Waals surface area contributed by atoms with Crippen LogP contribution < -0.4 is 10.2 Å². The fourth-order valence-corrected chi connectivity index (χ4v) is 4.77. The van der Waals surface area contributed by atoms with E-state index < -0.39 is 0 Å². The molecular formula is C14H18N2O3S2. The van der Waals surface area contributed by atoms with Gasteiger partial charge in [-0.2, -0.15) is 5.10 Å². The fourth-order valence-electron chi connectivity index (χ4n) is 1.94. The number of ether oxygens (including phenoxy) is 1. The highest BCUT2D eigenvalue weighted by molar-refractivity contribution is 8.21. The Bertz CT molecular complexity index is 543. The van der Waals surface area contributed by atoms with Crippen LogP contribution in [0, 0.1) is 0 Å². The van der Waals surface area contributed by atoms with Gasteiger partial charge in [-0.25, -0.2) is 5.43 Å². The molecule has 0 spiro atoms. The molecule has 7 heteroatoms. The smallest absolute Gasteiger partial charge is 0.242 e. The first-order chi connectivity index (χ1) is 10.0. The Hall–Kier alpha value is -1.34. The number of benzene rings is 1. The van der Waals surface area contributed by atoms with Gasteiger partial charge >= 0.3 is 0 Å². The number of methoxy groups -OCH3 is 1. The van der Waals surface area contributed by atoms with Crippen LogP contribution in [0.4, 0.5) is 0 Å². The van der Waals surface area contributed by atoms with Crippen molar-refractivity contribution in [3.8, 4) is 11.5 Å². The summed E-state index contributed by atoms with van der Waals surface area (Å²) in [5.41, 5.74) is 3.27. The minimum Gasteiger partial charge on any atom is -0.504 e. The third-order valence-corrected chi connectivity index (χ3v) is 6.28. The zero-order valence-corrected chi connectivity index (χ0v) is 13.6. The van der Waals surface area contributed by atoms with Crippen LogP contribution in [0.25, 0.3) is 0 Å². The van der Waals surface area contributed by atoms with Crippen LogP contribution in [0.2, 0.25) is 0 Å². The van der Waals surface area contributed by atoms with Gasteiger partial charge in [-0.1, -0.05) is 0 Å². The molecule has 114 valence electrons. The molecule has 0 aromatic heterocycles. The summed E-state index contributed by atoms with van der Waals surface area (Å²) in [5.74, 6) is 2.52. The third kappa shape index (κ3) is 4.57. The van der Waals surface area contributed by atoms with Gasteiger partial charge in [0.1, 0.15) is 0 Å². The van der Waals surface area contributed by atoms with E-state index in [1.54, 1.807) is 12.1 Å². The molecule has 1 aromatic rings. The number of rotatable bonds is 5. The lowest BCUT2D eigenvalue weighted by molar-refractivity contribution is -0.121. The SMILES string of the molecule is COc1cc(/C=N/NC(=O)CC2(C)SCCS2)ccc1O. The Kier molecular flexibility index (Phi) is 5.41. The van der Waals surface area contributed by atoms with Gasteiger partial charge in [0.05, 0.1) is 23.8 Å². The Balaban J connectivity index is 1.88. The number of phenols is 1. The number of aromatic hydroxyl groups is 1. The summed E-state index contributed by atoms with van der Waals surface area (Å²) < 4.78 is 4.97. The first-order valence-corrected chi connectivity index (χ1v) is 8.46. The molecule has 2 N–H and O–H groups in total. The van der Waals surface area contributed by atoms with Crippen LogP contribution in [0.3, 0.4) is 0 Å². The van der Waals surface area contributed by atoms with E-state index in [-0.39, 0.29) is 15.7 Å². The molecule has 0 unspecified atom stereocenters. The number of hydrazone groups is 1. The van der Waals surface area contributed by atoms with Gasteiger partial charge in [0, 0.05) is 11.5 Å². The van der Waals surface area contributed by atoms with E-state index in [1.807, 2.05) is 23.5 Å². The van der Waals surface area contributed by atoms with Crippen molar-refractivity contribution in [1.29, 1.82) is 0 Å². The van der Waals surface area contributed by atoms with Crippen molar-refractivity contribution in [2.24, 2.45) is 5.10 Å². The normalized spacial score (nSPS) is 17.0. The van der Waals surface area contributed by atoms with Crippen molar-refractivity contribution < 1.29 is 14.6 Å². The van der Waals surface area contributed by atoms with E-state index in [0.717, 1.165) is 17.1 Å². The summed E-state index contributed by atoms with van der Waals surface area (Å²) in [4.78, 5) is 11.9. The third-order valence-electron chi connectivity index (χ3n) is 2.99. The lowest BCUT2D eigenvalue weighted by Crippen LogP contribution is -2.26. The molecule has 1 heterocycles. The van der Waals surface area contributed by atoms with Gasteiger partial charge in [-0.05, 0) is 30.7 Å². The average Bonchev–Trinajstić information content (AvgIpc) is 2.87. The second-order valence-corrected chi connectivity index (χ2v) is 8.19. The van der Waals surface area contributed by atoms with E-state index >= 15 is 0 Å². The number of hydrogen-bond donors (Lipinski definition) is 2. The minimum absolute atomic E-state index is 0.0403. The molecule has 21 heavy (non-hydrogen) atoms. The predicted molar refractivity (Wildman–Crippen MR) is 88.3 cm³/mol. The number of carbonyl (C=O) groups is 1. The van der Waals surface area contributed by atoms with Crippen molar-refractivity contribution in [3.63, 3.8) is 0 Å². The average molecular weight is 326 g/mol. The number of hydrogen-bond acceptors (Lipinski definition) is 6. The van der Waals surface area contributed by atoms with Crippen LogP contribution >= 0.6 is 23.5 Å². The highest BCUT2D eigenvalue weighted by Gasteiger charge is 2.32. The topological polar surface area (TPSA) is 70.9 Å². The molecule has 0 bridgehead atoms. The van der Waals surface area contributed by atoms with Gasteiger partial charge in [-0.15, -0.1) is 23.5 Å². The van der Waals surface area contributed by atoms with Crippen LogP contribution in [-0.2, 0) is 4.79 Å². The monoisotopic (exact) mass is 326 g/mol. The predicted octanol–water partition coefficient (Wildman–Crippen LogP) is 2.44. The van der Waals surface area contributed by atoms with Gasteiger partial charge in [0.15, 0.2) is 11.5 Å². The second-order valence-electron chi connectivity index (χ2n) is 4.73.